The average molecular weight is 267 g/mol. The van der Waals surface area contributed by atoms with Gasteiger partial charge >= 0.3 is 0 Å². The van der Waals surface area contributed by atoms with E-state index in [1.54, 1.807) is 0 Å². The molecule has 1 aliphatic heterocycles. The molecule has 2 unspecified atom stereocenters. The molecule has 1 aliphatic carbocycles. The second-order valence-electron chi connectivity index (χ2n) is 6.88. The van der Waals surface area contributed by atoms with Gasteiger partial charge in [-0.2, -0.15) is 0 Å². The van der Waals surface area contributed by atoms with Crippen molar-refractivity contribution in [3.63, 3.8) is 0 Å². The van der Waals surface area contributed by atoms with E-state index < -0.39 is 0 Å². The Hall–Kier alpha value is -0.120. The lowest BCUT2D eigenvalue weighted by molar-refractivity contribution is 0.170. The molecular formula is C16H33N3. The highest BCUT2D eigenvalue weighted by atomic mass is 15.1. The third-order valence-electron chi connectivity index (χ3n) is 5.32. The van der Waals surface area contributed by atoms with Crippen LogP contribution in [-0.4, -0.2) is 63.2 Å². The molecule has 1 heterocycles. The van der Waals surface area contributed by atoms with Crippen LogP contribution in [-0.2, 0) is 0 Å². The van der Waals surface area contributed by atoms with E-state index in [4.69, 9.17) is 0 Å². The number of hydrogen-bond acceptors (Lipinski definition) is 3. The molecule has 0 amide bonds. The number of likely N-dealkylation sites (tertiary alicyclic amines) is 1. The summed E-state index contributed by atoms with van der Waals surface area (Å²) in [5.41, 5.74) is 0. The van der Waals surface area contributed by atoms with Gasteiger partial charge in [-0.15, -0.1) is 0 Å². The number of nitrogens with zero attached hydrogens (tertiary/aromatic N) is 2. The first kappa shape index (κ1) is 15.3. The lowest BCUT2D eigenvalue weighted by atomic mass is 9.95. The smallest absolute Gasteiger partial charge is 0.00928 e. The first-order valence-corrected chi connectivity index (χ1v) is 8.23. The van der Waals surface area contributed by atoms with E-state index in [2.05, 4.69) is 36.3 Å². The lowest BCUT2D eigenvalue weighted by Gasteiger charge is -2.32. The Kier molecular flexibility index (Phi) is 6.11. The second-order valence-corrected chi connectivity index (χ2v) is 6.88. The normalized spacial score (nSPS) is 30.3. The van der Waals surface area contributed by atoms with Crippen molar-refractivity contribution >= 4 is 0 Å². The first-order chi connectivity index (χ1) is 9.19. The van der Waals surface area contributed by atoms with Crippen LogP contribution in [0.15, 0.2) is 0 Å². The zero-order valence-electron chi connectivity index (χ0n) is 13.2. The SMILES string of the molecule is CNC1CCCC1CCN(C)CC1CCN(C)CC1. The highest BCUT2D eigenvalue weighted by molar-refractivity contribution is 4.82. The van der Waals surface area contributed by atoms with Gasteiger partial charge in [0, 0.05) is 12.6 Å². The summed E-state index contributed by atoms with van der Waals surface area (Å²) in [7, 11) is 6.70. The van der Waals surface area contributed by atoms with Crippen LogP contribution in [0.25, 0.3) is 0 Å². The van der Waals surface area contributed by atoms with Crippen LogP contribution in [0.1, 0.15) is 38.5 Å². The fraction of sp³-hybridized carbons (Fsp3) is 1.00. The summed E-state index contributed by atoms with van der Waals surface area (Å²) < 4.78 is 0. The number of nitrogens with one attached hydrogen (secondary N) is 1. The summed E-state index contributed by atoms with van der Waals surface area (Å²) in [5.74, 6) is 1.86. The zero-order chi connectivity index (χ0) is 13.7. The summed E-state index contributed by atoms with van der Waals surface area (Å²) in [6, 6.07) is 0.789. The van der Waals surface area contributed by atoms with Gasteiger partial charge in [-0.25, -0.2) is 0 Å². The summed E-state index contributed by atoms with van der Waals surface area (Å²) in [4.78, 5) is 5.05. The standard InChI is InChI=1S/C16H33N3/c1-17-16-6-4-5-15(16)9-12-19(3)13-14-7-10-18(2)11-8-14/h14-17H,4-13H2,1-3H3. The third kappa shape index (κ3) is 4.73. The van der Waals surface area contributed by atoms with Crippen molar-refractivity contribution in [2.75, 3.05) is 47.3 Å². The van der Waals surface area contributed by atoms with E-state index in [1.165, 1.54) is 64.7 Å². The van der Waals surface area contributed by atoms with Crippen molar-refractivity contribution in [2.45, 2.75) is 44.6 Å². The Balaban J connectivity index is 1.63. The summed E-state index contributed by atoms with van der Waals surface area (Å²) in [6.45, 7) is 5.19. The van der Waals surface area contributed by atoms with Crippen LogP contribution in [0.2, 0.25) is 0 Å². The Bertz CT molecular complexity index is 248. The molecule has 0 aromatic heterocycles. The minimum absolute atomic E-state index is 0.789. The van der Waals surface area contributed by atoms with Crippen molar-refractivity contribution in [3.05, 3.63) is 0 Å². The predicted molar refractivity (Wildman–Crippen MR) is 82.5 cm³/mol. The largest absolute Gasteiger partial charge is 0.317 e. The van der Waals surface area contributed by atoms with Crippen LogP contribution in [0.4, 0.5) is 0 Å². The fourth-order valence-electron chi connectivity index (χ4n) is 3.93. The topological polar surface area (TPSA) is 18.5 Å². The van der Waals surface area contributed by atoms with Gasteiger partial charge in [-0.3, -0.25) is 0 Å². The van der Waals surface area contributed by atoms with Crippen LogP contribution in [0, 0.1) is 11.8 Å². The average Bonchev–Trinajstić information content (AvgIpc) is 2.86. The predicted octanol–water partition coefficient (Wildman–Crippen LogP) is 2.04. The minimum atomic E-state index is 0.789. The highest BCUT2D eigenvalue weighted by Crippen LogP contribution is 2.28. The Morgan fingerprint density at radius 3 is 2.58 bits per heavy atom. The minimum Gasteiger partial charge on any atom is -0.317 e. The van der Waals surface area contributed by atoms with Crippen LogP contribution in [0.3, 0.4) is 0 Å². The molecule has 3 nitrogen and oxygen atoms in total. The highest BCUT2D eigenvalue weighted by Gasteiger charge is 2.26. The van der Waals surface area contributed by atoms with E-state index in [0.717, 1.165) is 17.9 Å². The van der Waals surface area contributed by atoms with Crippen molar-refractivity contribution in [3.8, 4) is 0 Å². The Morgan fingerprint density at radius 2 is 1.89 bits per heavy atom. The third-order valence-corrected chi connectivity index (χ3v) is 5.32. The van der Waals surface area contributed by atoms with Gasteiger partial charge in [0.05, 0.1) is 0 Å². The lowest BCUT2D eigenvalue weighted by Crippen LogP contribution is -2.37. The van der Waals surface area contributed by atoms with Crippen molar-refractivity contribution in [1.29, 1.82) is 0 Å². The van der Waals surface area contributed by atoms with Gasteiger partial charge in [0.15, 0.2) is 0 Å². The van der Waals surface area contributed by atoms with E-state index in [9.17, 15) is 0 Å². The molecule has 0 radical (unpaired) electrons. The first-order valence-electron chi connectivity index (χ1n) is 8.23. The monoisotopic (exact) mass is 267 g/mol. The van der Waals surface area contributed by atoms with Crippen LogP contribution >= 0.6 is 0 Å². The maximum absolute atomic E-state index is 3.50. The van der Waals surface area contributed by atoms with Gasteiger partial charge in [0.25, 0.3) is 0 Å². The molecule has 1 N–H and O–H groups in total. The number of piperidine rings is 1. The van der Waals surface area contributed by atoms with Crippen LogP contribution < -0.4 is 5.32 Å². The van der Waals surface area contributed by atoms with Gasteiger partial charge < -0.3 is 15.1 Å². The quantitative estimate of drug-likeness (QED) is 0.794. The van der Waals surface area contributed by atoms with Gasteiger partial charge in [-0.1, -0.05) is 6.42 Å². The number of hydrogen-bond donors (Lipinski definition) is 1. The molecular weight excluding hydrogens is 234 g/mol. The fourth-order valence-corrected chi connectivity index (χ4v) is 3.93. The molecule has 0 aromatic carbocycles. The molecule has 2 fully saturated rings. The van der Waals surface area contributed by atoms with Crippen molar-refractivity contribution in [1.82, 2.24) is 15.1 Å². The Labute approximate surface area is 119 Å². The van der Waals surface area contributed by atoms with Crippen LogP contribution in [0.5, 0.6) is 0 Å². The summed E-state index contributed by atoms with van der Waals surface area (Å²) in [6.07, 6.45) is 8.42. The maximum Gasteiger partial charge on any atom is 0.00928 e. The van der Waals surface area contributed by atoms with E-state index in [0.29, 0.717) is 0 Å². The van der Waals surface area contributed by atoms with E-state index in [-0.39, 0.29) is 0 Å². The molecule has 2 atom stereocenters. The Morgan fingerprint density at radius 1 is 1.16 bits per heavy atom. The summed E-state index contributed by atoms with van der Waals surface area (Å²) >= 11 is 0. The molecule has 19 heavy (non-hydrogen) atoms. The molecule has 1 saturated heterocycles. The molecule has 112 valence electrons. The molecule has 3 heteroatoms. The van der Waals surface area contributed by atoms with Crippen molar-refractivity contribution in [2.24, 2.45) is 11.8 Å². The molecule has 2 rings (SSSR count). The maximum atomic E-state index is 3.50. The van der Waals surface area contributed by atoms with E-state index in [1.807, 2.05) is 0 Å². The molecule has 0 bridgehead atoms. The van der Waals surface area contributed by atoms with Gasteiger partial charge in [0.1, 0.15) is 0 Å². The number of rotatable bonds is 6. The van der Waals surface area contributed by atoms with Gasteiger partial charge in [0.2, 0.25) is 0 Å². The second kappa shape index (κ2) is 7.61. The molecule has 2 aliphatic rings. The van der Waals surface area contributed by atoms with Crippen molar-refractivity contribution < 1.29 is 0 Å². The van der Waals surface area contributed by atoms with E-state index >= 15 is 0 Å². The molecule has 0 aromatic rings. The summed E-state index contributed by atoms with van der Waals surface area (Å²) in [5, 5.41) is 3.50. The van der Waals surface area contributed by atoms with Gasteiger partial charge in [-0.05, 0) is 84.7 Å². The molecule has 0 spiro atoms. The zero-order valence-corrected chi connectivity index (χ0v) is 13.2. The molecule has 1 saturated carbocycles.